The Morgan fingerprint density at radius 2 is 0.853 bits per heavy atom. The highest BCUT2D eigenvalue weighted by Gasteiger charge is 2.11. The molecule has 0 aliphatic heterocycles. The smallest absolute Gasteiger partial charge is 0.332 e. The van der Waals surface area contributed by atoms with E-state index in [2.05, 4.69) is 13.8 Å². The molecule has 0 heterocycles. The Morgan fingerprint density at radius 3 is 1.18 bits per heavy atom. The zero-order chi connectivity index (χ0) is 25.9. The molecule has 0 saturated heterocycles. The molecule has 0 fully saturated rings. The molecule has 0 radical (unpaired) electrons. The van der Waals surface area contributed by atoms with Gasteiger partial charge in [-0.2, -0.15) is 0 Å². The minimum absolute atomic E-state index is 0.114. The normalized spacial score (nSPS) is 12.6. The van der Waals surface area contributed by atoms with E-state index in [9.17, 15) is 14.7 Å². The lowest BCUT2D eigenvalue weighted by Crippen LogP contribution is -2.18. The van der Waals surface area contributed by atoms with Crippen molar-refractivity contribution in [1.29, 1.82) is 0 Å². The molecule has 4 N–H and O–H groups in total. The first-order chi connectivity index (χ1) is 16.3. The van der Waals surface area contributed by atoms with Crippen LogP contribution in [0, 0.1) is 0 Å². The second-order valence-corrected chi connectivity index (χ2v) is 9.69. The zero-order valence-electron chi connectivity index (χ0n) is 22.3. The molecule has 204 valence electrons. The van der Waals surface area contributed by atoms with Gasteiger partial charge in [0.1, 0.15) is 0 Å². The van der Waals surface area contributed by atoms with Gasteiger partial charge in [-0.1, -0.05) is 136 Å². The van der Waals surface area contributed by atoms with Crippen molar-refractivity contribution in [2.45, 2.75) is 167 Å². The van der Waals surface area contributed by atoms with E-state index in [4.69, 9.17) is 15.3 Å². The predicted octanol–water partition coefficient (Wildman–Crippen LogP) is 7.49. The molecular weight excluding hydrogens is 432 g/mol. The van der Waals surface area contributed by atoms with E-state index in [1.807, 2.05) is 0 Å². The summed E-state index contributed by atoms with van der Waals surface area (Å²) in [5, 5.41) is 35.3. The number of hydrogen-bond donors (Lipinski definition) is 4. The van der Waals surface area contributed by atoms with Gasteiger partial charge >= 0.3 is 11.9 Å². The van der Waals surface area contributed by atoms with Crippen LogP contribution in [0.5, 0.6) is 0 Å². The summed E-state index contributed by atoms with van der Waals surface area (Å²) < 4.78 is 0. The average molecular weight is 489 g/mol. The molecule has 2 atom stereocenters. The molecule has 6 nitrogen and oxygen atoms in total. The largest absolute Gasteiger partial charge is 0.481 e. The molecular formula is C28H56O6. The first kappa shape index (κ1) is 35.0. The van der Waals surface area contributed by atoms with Gasteiger partial charge in [-0.15, -0.1) is 0 Å². The van der Waals surface area contributed by atoms with Crippen molar-refractivity contribution < 1.29 is 30.0 Å². The summed E-state index contributed by atoms with van der Waals surface area (Å²) in [5.41, 5.74) is 0. The minimum Gasteiger partial charge on any atom is -0.481 e. The summed E-state index contributed by atoms with van der Waals surface area (Å²) in [6.45, 7) is 4.45. The second-order valence-electron chi connectivity index (χ2n) is 9.69. The number of carboxylic acids is 2. The SMILES string of the molecule is CCCCCCCCCCCC(O)CC(=O)O.CCCCCCCCCCCCC(O)C(=O)O. The van der Waals surface area contributed by atoms with Gasteiger partial charge in [-0.25, -0.2) is 4.79 Å². The maximum absolute atomic E-state index is 10.3. The Balaban J connectivity index is 0. The van der Waals surface area contributed by atoms with Crippen molar-refractivity contribution in [3.05, 3.63) is 0 Å². The molecule has 0 spiro atoms. The van der Waals surface area contributed by atoms with Gasteiger partial charge in [0, 0.05) is 0 Å². The third-order valence-corrected chi connectivity index (χ3v) is 6.17. The number of carbonyl (C=O) groups is 2. The van der Waals surface area contributed by atoms with Crippen LogP contribution < -0.4 is 0 Å². The summed E-state index contributed by atoms with van der Waals surface area (Å²) in [6.07, 6.45) is 22.6. The quantitative estimate of drug-likeness (QED) is 0.105. The molecule has 0 aliphatic carbocycles. The Labute approximate surface area is 209 Å². The highest BCUT2D eigenvalue weighted by molar-refractivity contribution is 5.71. The van der Waals surface area contributed by atoms with Crippen molar-refractivity contribution in [2.75, 3.05) is 0 Å². The molecule has 0 rings (SSSR count). The summed E-state index contributed by atoms with van der Waals surface area (Å²) in [4.78, 5) is 20.7. The highest BCUT2D eigenvalue weighted by atomic mass is 16.4. The van der Waals surface area contributed by atoms with Crippen LogP contribution in [0.25, 0.3) is 0 Å². The lowest BCUT2D eigenvalue weighted by molar-refractivity contribution is -0.147. The fourth-order valence-corrected chi connectivity index (χ4v) is 3.94. The monoisotopic (exact) mass is 488 g/mol. The van der Waals surface area contributed by atoms with E-state index in [0.717, 1.165) is 25.7 Å². The van der Waals surface area contributed by atoms with Crippen molar-refractivity contribution in [3.63, 3.8) is 0 Å². The Hall–Kier alpha value is -1.14. The topological polar surface area (TPSA) is 115 Å². The van der Waals surface area contributed by atoms with Gasteiger partial charge in [0.15, 0.2) is 6.10 Å². The summed E-state index contributed by atoms with van der Waals surface area (Å²) in [7, 11) is 0. The molecule has 0 aromatic heterocycles. The fraction of sp³-hybridized carbons (Fsp3) is 0.929. The van der Waals surface area contributed by atoms with Crippen LogP contribution in [0.2, 0.25) is 0 Å². The van der Waals surface area contributed by atoms with Crippen LogP contribution in [-0.2, 0) is 9.59 Å². The first-order valence-corrected chi connectivity index (χ1v) is 14.2. The predicted molar refractivity (Wildman–Crippen MR) is 140 cm³/mol. The lowest BCUT2D eigenvalue weighted by atomic mass is 10.0. The van der Waals surface area contributed by atoms with Crippen LogP contribution in [0.4, 0.5) is 0 Å². The van der Waals surface area contributed by atoms with E-state index in [1.54, 1.807) is 0 Å². The molecule has 6 heteroatoms. The lowest BCUT2D eigenvalue weighted by Gasteiger charge is -2.07. The third kappa shape index (κ3) is 30.9. The molecule has 0 bridgehead atoms. The molecule has 0 aromatic carbocycles. The van der Waals surface area contributed by atoms with Crippen molar-refractivity contribution in [2.24, 2.45) is 0 Å². The van der Waals surface area contributed by atoms with E-state index in [1.165, 1.54) is 96.3 Å². The number of hydrogen-bond acceptors (Lipinski definition) is 4. The van der Waals surface area contributed by atoms with E-state index < -0.39 is 24.1 Å². The van der Waals surface area contributed by atoms with Gasteiger partial charge in [0.05, 0.1) is 12.5 Å². The Morgan fingerprint density at radius 1 is 0.529 bits per heavy atom. The van der Waals surface area contributed by atoms with Gasteiger partial charge in [0.25, 0.3) is 0 Å². The van der Waals surface area contributed by atoms with Gasteiger partial charge in [-0.3, -0.25) is 4.79 Å². The Kier molecular flexibility index (Phi) is 28.9. The second kappa shape index (κ2) is 28.1. The maximum atomic E-state index is 10.3. The summed E-state index contributed by atoms with van der Waals surface area (Å²) in [6, 6.07) is 0. The highest BCUT2D eigenvalue weighted by Crippen LogP contribution is 2.13. The summed E-state index contributed by atoms with van der Waals surface area (Å²) in [5.74, 6) is -2.01. The Bertz CT molecular complexity index is 441. The fourth-order valence-electron chi connectivity index (χ4n) is 3.94. The number of aliphatic carboxylic acids is 2. The van der Waals surface area contributed by atoms with E-state index >= 15 is 0 Å². The molecule has 2 unspecified atom stereocenters. The third-order valence-electron chi connectivity index (χ3n) is 6.17. The first-order valence-electron chi connectivity index (χ1n) is 14.2. The molecule has 0 amide bonds. The molecule has 0 saturated carbocycles. The average Bonchev–Trinajstić information content (AvgIpc) is 2.79. The van der Waals surface area contributed by atoms with Gasteiger partial charge in [0.2, 0.25) is 0 Å². The zero-order valence-corrected chi connectivity index (χ0v) is 22.3. The molecule has 0 aromatic rings. The molecule has 0 aliphatic rings. The van der Waals surface area contributed by atoms with Crippen LogP contribution in [0.1, 0.15) is 155 Å². The van der Waals surface area contributed by atoms with Crippen molar-refractivity contribution in [1.82, 2.24) is 0 Å². The maximum Gasteiger partial charge on any atom is 0.332 e. The number of aliphatic hydroxyl groups is 2. The molecule has 34 heavy (non-hydrogen) atoms. The number of rotatable bonds is 24. The van der Waals surface area contributed by atoms with E-state index in [-0.39, 0.29) is 6.42 Å². The minimum atomic E-state index is -1.16. The van der Waals surface area contributed by atoms with Crippen LogP contribution in [-0.4, -0.2) is 44.6 Å². The van der Waals surface area contributed by atoms with Crippen LogP contribution >= 0.6 is 0 Å². The van der Waals surface area contributed by atoms with Gasteiger partial charge < -0.3 is 20.4 Å². The van der Waals surface area contributed by atoms with Gasteiger partial charge in [-0.05, 0) is 12.8 Å². The summed E-state index contributed by atoms with van der Waals surface area (Å²) >= 11 is 0. The van der Waals surface area contributed by atoms with Crippen molar-refractivity contribution >= 4 is 11.9 Å². The number of carboxylic acid groups (broad SMARTS) is 2. The van der Waals surface area contributed by atoms with E-state index in [0.29, 0.717) is 12.8 Å². The van der Waals surface area contributed by atoms with Crippen LogP contribution in [0.15, 0.2) is 0 Å². The van der Waals surface area contributed by atoms with Crippen molar-refractivity contribution in [3.8, 4) is 0 Å². The number of unbranched alkanes of at least 4 members (excludes halogenated alkanes) is 17. The standard InChI is InChI=1S/2C14H28O3/c1-2-3-4-5-6-7-8-9-10-11-13(15)12-14(16)17;1-2-3-4-5-6-7-8-9-10-11-12-13(15)14(16)17/h2*13,15H,2-12H2,1H3,(H,16,17). The number of aliphatic hydroxyl groups excluding tert-OH is 2. The van der Waals surface area contributed by atoms with Crippen LogP contribution in [0.3, 0.4) is 0 Å².